The monoisotopic (exact) mass is 329 g/mol. The number of hydrogen-bond acceptors (Lipinski definition) is 5. The van der Waals surface area contributed by atoms with E-state index >= 15 is 0 Å². The molecule has 2 aromatic heterocycles. The van der Waals surface area contributed by atoms with Crippen molar-refractivity contribution in [1.29, 1.82) is 0 Å². The topological polar surface area (TPSA) is 88.0 Å². The zero-order valence-electron chi connectivity index (χ0n) is 14.1. The molecule has 3 rings (SSSR count). The lowest BCUT2D eigenvalue weighted by atomic mass is 10.1. The summed E-state index contributed by atoms with van der Waals surface area (Å²) < 4.78 is 1.65. The highest BCUT2D eigenvalue weighted by Gasteiger charge is 2.21. The van der Waals surface area contributed by atoms with Gasteiger partial charge in [0.1, 0.15) is 12.1 Å². The number of aryl methyl sites for hydroxylation is 2. The standard InChI is InChI=1S/C16H23N7O/c1-3-12-8-15(18-11-17-12)23-6-4-13(5-7-23)20-16(24)21-14-9-19-22(2)10-14/h8-11,13H,3-7H2,1-2H3,(H2,20,21,24). The highest BCUT2D eigenvalue weighted by molar-refractivity contribution is 5.89. The maximum Gasteiger partial charge on any atom is 0.319 e. The maximum absolute atomic E-state index is 12.0. The van der Waals surface area contributed by atoms with Crippen LogP contribution in [0.5, 0.6) is 0 Å². The third-order valence-corrected chi connectivity index (χ3v) is 4.19. The second kappa shape index (κ2) is 7.29. The molecular formula is C16H23N7O. The van der Waals surface area contributed by atoms with Crippen LogP contribution in [0.25, 0.3) is 0 Å². The summed E-state index contributed by atoms with van der Waals surface area (Å²) in [5.41, 5.74) is 1.75. The first-order chi connectivity index (χ1) is 11.6. The van der Waals surface area contributed by atoms with Gasteiger partial charge in [0.05, 0.1) is 11.9 Å². The van der Waals surface area contributed by atoms with Crippen LogP contribution in [0.3, 0.4) is 0 Å². The predicted octanol–water partition coefficient (Wildman–Crippen LogP) is 1.56. The number of hydrogen-bond donors (Lipinski definition) is 2. The van der Waals surface area contributed by atoms with Gasteiger partial charge in [0.15, 0.2) is 0 Å². The van der Waals surface area contributed by atoms with Crippen LogP contribution in [0.2, 0.25) is 0 Å². The van der Waals surface area contributed by atoms with Crippen molar-refractivity contribution in [3.8, 4) is 0 Å². The molecular weight excluding hydrogens is 306 g/mol. The molecule has 8 heteroatoms. The molecule has 24 heavy (non-hydrogen) atoms. The smallest absolute Gasteiger partial charge is 0.319 e. The number of urea groups is 1. The normalized spacial score (nSPS) is 15.3. The predicted molar refractivity (Wildman–Crippen MR) is 92.0 cm³/mol. The Hall–Kier alpha value is -2.64. The Balaban J connectivity index is 1.48. The van der Waals surface area contributed by atoms with Gasteiger partial charge in [0.25, 0.3) is 0 Å². The number of nitrogens with zero attached hydrogens (tertiary/aromatic N) is 5. The molecule has 0 radical (unpaired) electrons. The van der Waals surface area contributed by atoms with Crippen molar-refractivity contribution in [2.24, 2.45) is 7.05 Å². The molecule has 0 aromatic carbocycles. The molecule has 0 spiro atoms. The largest absolute Gasteiger partial charge is 0.356 e. The molecule has 0 atom stereocenters. The number of anilines is 2. The molecule has 1 aliphatic rings. The van der Waals surface area contributed by atoms with E-state index in [2.05, 4.69) is 37.5 Å². The Kier molecular flexibility index (Phi) is 4.93. The molecule has 0 bridgehead atoms. The average Bonchev–Trinajstić information content (AvgIpc) is 3.00. The Bertz CT molecular complexity index is 691. The molecule has 128 valence electrons. The maximum atomic E-state index is 12.0. The molecule has 0 saturated carbocycles. The Morgan fingerprint density at radius 1 is 1.33 bits per heavy atom. The van der Waals surface area contributed by atoms with E-state index in [0.717, 1.165) is 43.9 Å². The van der Waals surface area contributed by atoms with E-state index in [9.17, 15) is 4.79 Å². The van der Waals surface area contributed by atoms with Gasteiger partial charge < -0.3 is 15.5 Å². The highest BCUT2D eigenvalue weighted by atomic mass is 16.2. The summed E-state index contributed by atoms with van der Waals surface area (Å²) in [5, 5.41) is 9.85. The molecule has 2 N–H and O–H groups in total. The summed E-state index contributed by atoms with van der Waals surface area (Å²) in [6, 6.07) is 2.03. The van der Waals surface area contributed by atoms with Crippen LogP contribution >= 0.6 is 0 Å². The molecule has 3 heterocycles. The summed E-state index contributed by atoms with van der Waals surface area (Å²) in [6.07, 6.45) is 7.71. The number of amides is 2. The first-order valence-electron chi connectivity index (χ1n) is 8.26. The van der Waals surface area contributed by atoms with Crippen LogP contribution in [-0.2, 0) is 13.5 Å². The molecule has 0 aliphatic carbocycles. The second-order valence-corrected chi connectivity index (χ2v) is 5.98. The molecule has 2 amide bonds. The first-order valence-corrected chi connectivity index (χ1v) is 8.26. The molecule has 2 aromatic rings. The molecule has 1 aliphatic heterocycles. The van der Waals surface area contributed by atoms with Crippen LogP contribution in [0.1, 0.15) is 25.5 Å². The van der Waals surface area contributed by atoms with Gasteiger partial charge >= 0.3 is 6.03 Å². The van der Waals surface area contributed by atoms with Crippen LogP contribution in [-0.4, -0.2) is 44.9 Å². The number of aromatic nitrogens is 4. The zero-order chi connectivity index (χ0) is 16.9. The second-order valence-electron chi connectivity index (χ2n) is 5.98. The van der Waals surface area contributed by atoms with Gasteiger partial charge in [0, 0.05) is 44.1 Å². The molecule has 0 unspecified atom stereocenters. The van der Waals surface area contributed by atoms with Crippen molar-refractivity contribution < 1.29 is 4.79 Å². The van der Waals surface area contributed by atoms with E-state index in [1.165, 1.54) is 0 Å². The Labute approximate surface area is 141 Å². The van der Waals surface area contributed by atoms with E-state index in [0.29, 0.717) is 5.69 Å². The quantitative estimate of drug-likeness (QED) is 0.889. The van der Waals surface area contributed by atoms with Crippen LogP contribution in [0.15, 0.2) is 24.8 Å². The van der Waals surface area contributed by atoms with Crippen molar-refractivity contribution in [3.63, 3.8) is 0 Å². The fourth-order valence-corrected chi connectivity index (χ4v) is 2.84. The Morgan fingerprint density at radius 3 is 2.79 bits per heavy atom. The van der Waals surface area contributed by atoms with Gasteiger partial charge in [-0.2, -0.15) is 5.10 Å². The van der Waals surface area contributed by atoms with E-state index in [1.54, 1.807) is 23.4 Å². The van der Waals surface area contributed by atoms with Crippen LogP contribution in [0, 0.1) is 0 Å². The lowest BCUT2D eigenvalue weighted by Gasteiger charge is -2.33. The zero-order valence-corrected chi connectivity index (χ0v) is 14.1. The summed E-state index contributed by atoms with van der Waals surface area (Å²) in [4.78, 5) is 22.9. The average molecular weight is 329 g/mol. The molecule has 8 nitrogen and oxygen atoms in total. The number of carbonyl (C=O) groups excluding carboxylic acids is 1. The highest BCUT2D eigenvalue weighted by Crippen LogP contribution is 2.18. The number of carbonyl (C=O) groups is 1. The minimum atomic E-state index is -0.184. The van der Waals surface area contributed by atoms with Crippen molar-refractivity contribution in [2.45, 2.75) is 32.2 Å². The van der Waals surface area contributed by atoms with Gasteiger partial charge in [-0.15, -0.1) is 0 Å². The first kappa shape index (κ1) is 16.2. The van der Waals surface area contributed by atoms with E-state index in [1.807, 2.05) is 13.1 Å². The van der Waals surface area contributed by atoms with Gasteiger partial charge in [-0.25, -0.2) is 14.8 Å². The van der Waals surface area contributed by atoms with E-state index in [4.69, 9.17) is 0 Å². The third-order valence-electron chi connectivity index (χ3n) is 4.19. The lowest BCUT2D eigenvalue weighted by molar-refractivity contribution is 0.246. The minimum Gasteiger partial charge on any atom is -0.356 e. The summed E-state index contributed by atoms with van der Waals surface area (Å²) in [6.45, 7) is 3.83. The number of rotatable bonds is 4. The fraction of sp³-hybridized carbons (Fsp3) is 0.500. The van der Waals surface area contributed by atoms with Crippen molar-refractivity contribution in [3.05, 3.63) is 30.5 Å². The van der Waals surface area contributed by atoms with E-state index in [-0.39, 0.29) is 12.1 Å². The molecule has 1 fully saturated rings. The van der Waals surface area contributed by atoms with Crippen molar-refractivity contribution in [2.75, 3.05) is 23.3 Å². The summed E-state index contributed by atoms with van der Waals surface area (Å²) in [5.74, 6) is 0.972. The SMILES string of the molecule is CCc1cc(N2CCC(NC(=O)Nc3cnn(C)c3)CC2)ncn1. The van der Waals surface area contributed by atoms with Gasteiger partial charge in [-0.1, -0.05) is 6.92 Å². The number of nitrogens with one attached hydrogen (secondary N) is 2. The lowest BCUT2D eigenvalue weighted by Crippen LogP contribution is -2.46. The van der Waals surface area contributed by atoms with Crippen LogP contribution in [0.4, 0.5) is 16.3 Å². The summed E-state index contributed by atoms with van der Waals surface area (Å²) >= 11 is 0. The van der Waals surface area contributed by atoms with E-state index < -0.39 is 0 Å². The minimum absolute atomic E-state index is 0.172. The van der Waals surface area contributed by atoms with Crippen molar-refractivity contribution in [1.82, 2.24) is 25.1 Å². The van der Waals surface area contributed by atoms with Gasteiger partial charge in [-0.05, 0) is 19.3 Å². The summed E-state index contributed by atoms with van der Waals surface area (Å²) in [7, 11) is 1.82. The van der Waals surface area contributed by atoms with Crippen molar-refractivity contribution >= 4 is 17.5 Å². The van der Waals surface area contributed by atoms with Crippen LogP contribution < -0.4 is 15.5 Å². The van der Waals surface area contributed by atoms with Gasteiger partial charge in [-0.3, -0.25) is 4.68 Å². The third kappa shape index (κ3) is 4.01. The van der Waals surface area contributed by atoms with Gasteiger partial charge in [0.2, 0.25) is 0 Å². The Morgan fingerprint density at radius 2 is 2.12 bits per heavy atom. The molecule has 1 saturated heterocycles. The number of piperidine rings is 1. The fourth-order valence-electron chi connectivity index (χ4n) is 2.84.